The third-order valence-corrected chi connectivity index (χ3v) is 5.61. The quantitative estimate of drug-likeness (QED) is 0.363. The highest BCUT2D eigenvalue weighted by molar-refractivity contribution is 5.86. The van der Waals surface area contributed by atoms with Gasteiger partial charge in [-0.1, -0.05) is 80.6 Å². The van der Waals surface area contributed by atoms with Gasteiger partial charge < -0.3 is 9.84 Å². The average molecular weight is 424 g/mol. The van der Waals surface area contributed by atoms with Crippen LogP contribution in [0, 0.1) is 0 Å². The number of phenolic OH excluding ortho intramolecular Hbond substituents is 1. The molecule has 0 saturated carbocycles. The van der Waals surface area contributed by atoms with E-state index in [-0.39, 0.29) is 11.2 Å². The van der Waals surface area contributed by atoms with Crippen molar-refractivity contribution in [2.45, 2.75) is 19.3 Å². The number of anilines is 1. The molecule has 0 unspecified atom stereocenters. The molecule has 0 aliphatic rings. The predicted molar refractivity (Wildman–Crippen MR) is 128 cm³/mol. The highest BCUT2D eigenvalue weighted by Crippen LogP contribution is 2.33. The van der Waals surface area contributed by atoms with Crippen molar-refractivity contribution in [2.75, 3.05) is 5.32 Å². The number of amides is 1. The maximum absolute atomic E-state index is 12.3. The zero-order valence-electron chi connectivity index (χ0n) is 18.1. The Balaban J connectivity index is 1.39. The van der Waals surface area contributed by atoms with Gasteiger partial charge in [0, 0.05) is 11.1 Å². The van der Waals surface area contributed by atoms with Crippen LogP contribution in [0.5, 0.6) is 11.5 Å². The lowest BCUT2D eigenvalue weighted by atomic mass is 9.78. The van der Waals surface area contributed by atoms with Gasteiger partial charge in [-0.05, 0) is 58.7 Å². The van der Waals surface area contributed by atoms with Crippen molar-refractivity contribution in [1.29, 1.82) is 0 Å². The first-order chi connectivity index (χ1) is 15.4. The summed E-state index contributed by atoms with van der Waals surface area (Å²) in [6.45, 7) is 4.22. The van der Waals surface area contributed by atoms with E-state index in [1.165, 1.54) is 0 Å². The summed E-state index contributed by atoms with van der Waals surface area (Å²) in [5.74, 6) is 0.711. The molecule has 4 rings (SSSR count). The van der Waals surface area contributed by atoms with E-state index in [2.05, 4.69) is 19.2 Å². The second-order valence-corrected chi connectivity index (χ2v) is 8.15. The van der Waals surface area contributed by atoms with Crippen LogP contribution in [-0.4, -0.2) is 11.2 Å². The smallest absolute Gasteiger partial charge is 0.417 e. The molecule has 32 heavy (non-hydrogen) atoms. The number of hydrogen-bond donors (Lipinski definition) is 2. The third-order valence-electron chi connectivity index (χ3n) is 5.61. The number of nitrogens with one attached hydrogen (secondary N) is 1. The molecular weight excluding hydrogens is 398 g/mol. The Labute approximate surface area is 188 Å². The maximum atomic E-state index is 12.3. The van der Waals surface area contributed by atoms with E-state index in [9.17, 15) is 9.90 Å². The Morgan fingerprint density at radius 2 is 1.25 bits per heavy atom. The lowest BCUT2D eigenvalue weighted by Gasteiger charge is -2.26. The molecule has 160 valence electrons. The van der Waals surface area contributed by atoms with E-state index in [0.717, 1.165) is 22.3 Å². The normalized spacial score (nSPS) is 11.1. The minimum absolute atomic E-state index is 0.244. The minimum atomic E-state index is -0.539. The van der Waals surface area contributed by atoms with E-state index in [1.807, 2.05) is 78.9 Å². The zero-order chi connectivity index (χ0) is 22.6. The molecule has 4 nitrogen and oxygen atoms in total. The molecule has 2 N–H and O–H groups in total. The van der Waals surface area contributed by atoms with E-state index in [4.69, 9.17) is 4.74 Å². The molecule has 0 aromatic heterocycles. The van der Waals surface area contributed by atoms with Crippen LogP contribution in [0.1, 0.15) is 25.0 Å². The van der Waals surface area contributed by atoms with E-state index in [1.54, 1.807) is 24.3 Å². The number of aromatic hydroxyl groups is 1. The largest absolute Gasteiger partial charge is 0.508 e. The number of phenols is 1. The first-order valence-electron chi connectivity index (χ1n) is 10.5. The van der Waals surface area contributed by atoms with Crippen molar-refractivity contribution < 1.29 is 14.6 Å². The second kappa shape index (κ2) is 8.98. The molecule has 4 aromatic carbocycles. The van der Waals surface area contributed by atoms with Gasteiger partial charge >= 0.3 is 6.09 Å². The van der Waals surface area contributed by atoms with E-state index >= 15 is 0 Å². The number of carbonyl (C=O) groups is 1. The van der Waals surface area contributed by atoms with Gasteiger partial charge in [0.15, 0.2) is 0 Å². The van der Waals surface area contributed by atoms with Crippen LogP contribution in [0.25, 0.3) is 11.1 Å². The van der Waals surface area contributed by atoms with Gasteiger partial charge in [-0.25, -0.2) is 4.79 Å². The molecule has 4 heteroatoms. The molecule has 0 bridgehead atoms. The average Bonchev–Trinajstić information content (AvgIpc) is 2.81. The summed E-state index contributed by atoms with van der Waals surface area (Å²) in [5.41, 5.74) is 4.77. The first-order valence-corrected chi connectivity index (χ1v) is 10.5. The number of benzene rings is 4. The minimum Gasteiger partial charge on any atom is -0.508 e. The van der Waals surface area contributed by atoms with Gasteiger partial charge in [0.1, 0.15) is 11.5 Å². The van der Waals surface area contributed by atoms with Crippen molar-refractivity contribution in [2.24, 2.45) is 0 Å². The van der Waals surface area contributed by atoms with Crippen LogP contribution >= 0.6 is 0 Å². The lowest BCUT2D eigenvalue weighted by Crippen LogP contribution is -2.19. The molecular formula is C28H25NO3. The van der Waals surface area contributed by atoms with Gasteiger partial charge in [0.05, 0.1) is 0 Å². The molecule has 0 aliphatic heterocycles. The molecule has 1 amide bonds. The number of rotatable bonds is 5. The Kier molecular flexibility index (Phi) is 5.95. The Morgan fingerprint density at radius 3 is 1.84 bits per heavy atom. The number of ether oxygens (including phenoxy) is 1. The summed E-state index contributed by atoms with van der Waals surface area (Å²) in [6.07, 6.45) is -0.539. The summed E-state index contributed by atoms with van der Waals surface area (Å²) in [7, 11) is 0. The van der Waals surface area contributed by atoms with Crippen LogP contribution in [0.4, 0.5) is 10.5 Å². The third kappa shape index (κ3) is 4.81. The van der Waals surface area contributed by atoms with Crippen molar-refractivity contribution in [3.63, 3.8) is 0 Å². The lowest BCUT2D eigenvalue weighted by molar-refractivity contribution is 0.215. The fraction of sp³-hybridized carbons (Fsp3) is 0.107. The summed E-state index contributed by atoms with van der Waals surface area (Å²) < 4.78 is 5.44. The molecule has 0 atom stereocenters. The fourth-order valence-corrected chi connectivity index (χ4v) is 3.61. The van der Waals surface area contributed by atoms with Crippen LogP contribution in [0.3, 0.4) is 0 Å². The monoisotopic (exact) mass is 423 g/mol. The van der Waals surface area contributed by atoms with Crippen LogP contribution < -0.4 is 10.1 Å². The molecule has 0 fully saturated rings. The van der Waals surface area contributed by atoms with Gasteiger partial charge in [0.2, 0.25) is 0 Å². The van der Waals surface area contributed by atoms with Gasteiger partial charge in [-0.3, -0.25) is 5.32 Å². The van der Waals surface area contributed by atoms with Gasteiger partial charge in [0.25, 0.3) is 0 Å². The number of carbonyl (C=O) groups excluding carboxylic acids is 1. The van der Waals surface area contributed by atoms with Crippen LogP contribution in [0.2, 0.25) is 0 Å². The van der Waals surface area contributed by atoms with E-state index in [0.29, 0.717) is 11.4 Å². The molecule has 0 radical (unpaired) electrons. The molecule has 0 saturated heterocycles. The van der Waals surface area contributed by atoms with Crippen molar-refractivity contribution in [3.8, 4) is 22.6 Å². The molecule has 0 heterocycles. The van der Waals surface area contributed by atoms with Crippen LogP contribution in [-0.2, 0) is 5.41 Å². The standard InChI is InChI=1S/C28H25NO3/c1-28(2,22-10-16-25(30)17-11-22)23-12-18-26(19-13-23)32-27(31)29-24-14-8-21(9-15-24)20-6-4-3-5-7-20/h3-19,30H,1-2H3,(H,29,31). The van der Waals surface area contributed by atoms with Crippen molar-refractivity contribution in [3.05, 3.63) is 114 Å². The summed E-state index contributed by atoms with van der Waals surface area (Å²) >= 11 is 0. The molecule has 0 spiro atoms. The predicted octanol–water partition coefficient (Wildman–Crippen LogP) is 7.00. The van der Waals surface area contributed by atoms with Gasteiger partial charge in [-0.2, -0.15) is 0 Å². The summed E-state index contributed by atoms with van der Waals surface area (Å²) in [6, 6.07) is 32.4. The Hall–Kier alpha value is -4.05. The van der Waals surface area contributed by atoms with Gasteiger partial charge in [-0.15, -0.1) is 0 Å². The molecule has 4 aromatic rings. The Morgan fingerprint density at radius 1 is 0.719 bits per heavy atom. The SMILES string of the molecule is CC(C)(c1ccc(O)cc1)c1ccc(OC(=O)Nc2ccc(-c3ccccc3)cc2)cc1. The van der Waals surface area contributed by atoms with E-state index < -0.39 is 6.09 Å². The maximum Gasteiger partial charge on any atom is 0.417 e. The Bertz CT molecular complexity index is 1180. The van der Waals surface area contributed by atoms with Crippen molar-refractivity contribution >= 4 is 11.8 Å². The second-order valence-electron chi connectivity index (χ2n) is 8.15. The fourth-order valence-electron chi connectivity index (χ4n) is 3.61. The first kappa shape index (κ1) is 21.2. The highest BCUT2D eigenvalue weighted by atomic mass is 16.6. The summed E-state index contributed by atoms with van der Waals surface area (Å²) in [5, 5.41) is 12.3. The summed E-state index contributed by atoms with van der Waals surface area (Å²) in [4.78, 5) is 12.3. The van der Waals surface area contributed by atoms with Crippen LogP contribution in [0.15, 0.2) is 103 Å². The number of hydrogen-bond acceptors (Lipinski definition) is 3. The topological polar surface area (TPSA) is 58.6 Å². The van der Waals surface area contributed by atoms with Crippen molar-refractivity contribution in [1.82, 2.24) is 0 Å². The highest BCUT2D eigenvalue weighted by Gasteiger charge is 2.23. The zero-order valence-corrected chi connectivity index (χ0v) is 18.1. The molecule has 0 aliphatic carbocycles.